The van der Waals surface area contributed by atoms with Crippen LogP contribution in [-0.2, 0) is 4.79 Å². The van der Waals surface area contributed by atoms with Crippen molar-refractivity contribution in [2.75, 3.05) is 18.0 Å². The van der Waals surface area contributed by atoms with Crippen LogP contribution in [0, 0.1) is 0 Å². The maximum absolute atomic E-state index is 12.2. The van der Waals surface area contributed by atoms with Gasteiger partial charge in [-0.1, -0.05) is 13.0 Å². The van der Waals surface area contributed by atoms with Crippen LogP contribution < -0.4 is 15.0 Å². The first kappa shape index (κ1) is 15.5. The van der Waals surface area contributed by atoms with Crippen molar-refractivity contribution in [2.24, 2.45) is 0 Å². The highest BCUT2D eigenvalue weighted by molar-refractivity contribution is 5.76. The molecular weight excluding hydrogens is 285 g/mol. The maximum atomic E-state index is 12.2. The number of alkyl halides is 3. The molecule has 1 aromatic carbocycles. The van der Waals surface area contributed by atoms with Crippen molar-refractivity contribution >= 4 is 11.6 Å². The first-order valence-electron chi connectivity index (χ1n) is 6.77. The van der Waals surface area contributed by atoms with Crippen LogP contribution >= 0.6 is 0 Å². The van der Waals surface area contributed by atoms with Gasteiger partial charge < -0.3 is 15.0 Å². The quantitative estimate of drug-likeness (QED) is 0.930. The molecule has 1 aromatic rings. The molecule has 1 aliphatic rings. The monoisotopic (exact) mass is 302 g/mol. The fourth-order valence-corrected chi connectivity index (χ4v) is 2.32. The van der Waals surface area contributed by atoms with Gasteiger partial charge in [-0.3, -0.25) is 4.79 Å². The highest BCUT2D eigenvalue weighted by atomic mass is 19.4. The summed E-state index contributed by atoms with van der Waals surface area (Å²) in [6.45, 7) is 3.05. The zero-order valence-corrected chi connectivity index (χ0v) is 11.6. The molecule has 0 aliphatic carbocycles. The molecule has 2 rings (SSSR count). The van der Waals surface area contributed by atoms with E-state index in [1.807, 2.05) is 4.90 Å². The molecule has 1 amide bonds. The number of rotatable bonds is 4. The van der Waals surface area contributed by atoms with Crippen LogP contribution in [0.2, 0.25) is 0 Å². The lowest BCUT2D eigenvalue weighted by Gasteiger charge is -2.20. The van der Waals surface area contributed by atoms with E-state index >= 15 is 0 Å². The van der Waals surface area contributed by atoms with Gasteiger partial charge >= 0.3 is 6.36 Å². The molecule has 1 fully saturated rings. The van der Waals surface area contributed by atoms with E-state index in [2.05, 4.69) is 10.1 Å². The molecule has 1 heterocycles. The second-order valence-corrected chi connectivity index (χ2v) is 4.90. The molecule has 0 saturated carbocycles. The lowest BCUT2D eigenvalue weighted by Crippen LogP contribution is -2.36. The highest BCUT2D eigenvalue weighted by Gasteiger charge is 2.31. The van der Waals surface area contributed by atoms with E-state index in [0.29, 0.717) is 25.2 Å². The number of anilines is 1. The van der Waals surface area contributed by atoms with E-state index in [4.69, 9.17) is 0 Å². The summed E-state index contributed by atoms with van der Waals surface area (Å²) in [5.74, 6) is -0.253. The molecule has 0 spiro atoms. The molecule has 21 heavy (non-hydrogen) atoms. The molecule has 116 valence electrons. The summed E-state index contributed by atoms with van der Waals surface area (Å²) in [6.07, 6.45) is -3.50. The summed E-state index contributed by atoms with van der Waals surface area (Å²) in [4.78, 5) is 13.3. The second-order valence-electron chi connectivity index (χ2n) is 4.90. The summed E-state index contributed by atoms with van der Waals surface area (Å²) < 4.78 is 40.5. The van der Waals surface area contributed by atoms with E-state index in [1.54, 1.807) is 13.0 Å². The Balaban J connectivity index is 2.00. The summed E-state index contributed by atoms with van der Waals surface area (Å²) in [6, 6.07) is 5.91. The lowest BCUT2D eigenvalue weighted by molar-refractivity contribution is -0.274. The molecule has 7 heteroatoms. The minimum Gasteiger partial charge on any atom is -0.406 e. The van der Waals surface area contributed by atoms with Gasteiger partial charge in [0.25, 0.3) is 0 Å². The number of carbonyl (C=O) groups is 1. The van der Waals surface area contributed by atoms with Crippen LogP contribution in [-0.4, -0.2) is 31.4 Å². The van der Waals surface area contributed by atoms with Crippen LogP contribution in [0.4, 0.5) is 18.9 Å². The second kappa shape index (κ2) is 6.24. The standard InChI is InChI=1S/C14H17F3N2O2/c1-2-13(20)18-10-6-7-19(9-10)11-4-3-5-12(8-11)21-14(15,16)17/h3-5,8,10H,2,6-7,9H2,1H3,(H,18,20). The van der Waals surface area contributed by atoms with Crippen molar-refractivity contribution in [3.05, 3.63) is 24.3 Å². The van der Waals surface area contributed by atoms with Crippen LogP contribution in [0.25, 0.3) is 0 Å². The number of hydrogen-bond acceptors (Lipinski definition) is 3. The summed E-state index contributed by atoms with van der Waals surface area (Å²) in [5, 5.41) is 2.89. The van der Waals surface area contributed by atoms with Crippen molar-refractivity contribution in [3.63, 3.8) is 0 Å². The Morgan fingerprint density at radius 2 is 2.24 bits per heavy atom. The third kappa shape index (κ3) is 4.54. The van der Waals surface area contributed by atoms with Crippen LogP contribution in [0.15, 0.2) is 24.3 Å². The Morgan fingerprint density at radius 1 is 1.48 bits per heavy atom. The molecular formula is C14H17F3N2O2. The Hall–Kier alpha value is -1.92. The average molecular weight is 302 g/mol. The van der Waals surface area contributed by atoms with Gasteiger partial charge in [0.15, 0.2) is 0 Å². The number of amides is 1. The van der Waals surface area contributed by atoms with E-state index in [1.165, 1.54) is 18.2 Å². The minimum atomic E-state index is -4.69. The Kier molecular flexibility index (Phi) is 4.59. The van der Waals surface area contributed by atoms with Gasteiger partial charge in [-0.05, 0) is 18.6 Å². The third-order valence-corrected chi connectivity index (χ3v) is 3.29. The first-order chi connectivity index (χ1) is 9.87. The first-order valence-corrected chi connectivity index (χ1v) is 6.77. The SMILES string of the molecule is CCC(=O)NC1CCN(c2cccc(OC(F)(F)F)c2)C1. The Bertz CT molecular complexity index is 505. The van der Waals surface area contributed by atoms with Crippen LogP contribution in [0.1, 0.15) is 19.8 Å². The van der Waals surface area contributed by atoms with Crippen LogP contribution in [0.3, 0.4) is 0 Å². The normalized spacial score (nSPS) is 18.7. The third-order valence-electron chi connectivity index (χ3n) is 3.29. The van der Waals surface area contributed by atoms with Crippen molar-refractivity contribution in [1.82, 2.24) is 5.32 Å². The number of benzene rings is 1. The van der Waals surface area contributed by atoms with Crippen molar-refractivity contribution < 1.29 is 22.7 Å². The predicted octanol–water partition coefficient (Wildman–Crippen LogP) is 2.69. The molecule has 1 atom stereocenters. The smallest absolute Gasteiger partial charge is 0.406 e. The predicted molar refractivity (Wildman–Crippen MR) is 72.2 cm³/mol. The molecule has 1 aliphatic heterocycles. The van der Waals surface area contributed by atoms with Crippen molar-refractivity contribution in [1.29, 1.82) is 0 Å². The number of carbonyl (C=O) groups excluding carboxylic acids is 1. The number of nitrogens with zero attached hydrogens (tertiary/aromatic N) is 1. The molecule has 0 aromatic heterocycles. The van der Waals surface area contributed by atoms with Gasteiger partial charge in [0, 0.05) is 37.3 Å². The number of nitrogens with one attached hydrogen (secondary N) is 1. The molecule has 1 unspecified atom stereocenters. The fourth-order valence-electron chi connectivity index (χ4n) is 2.32. The molecule has 1 saturated heterocycles. The van der Waals surface area contributed by atoms with Crippen molar-refractivity contribution in [3.8, 4) is 5.75 Å². The van der Waals surface area contributed by atoms with E-state index in [0.717, 1.165) is 6.42 Å². The molecule has 1 N–H and O–H groups in total. The molecule has 0 bridgehead atoms. The zero-order chi connectivity index (χ0) is 15.5. The lowest BCUT2D eigenvalue weighted by atomic mass is 10.2. The summed E-state index contributed by atoms with van der Waals surface area (Å²) >= 11 is 0. The van der Waals surface area contributed by atoms with E-state index in [9.17, 15) is 18.0 Å². The Labute approximate surface area is 120 Å². The van der Waals surface area contributed by atoms with Gasteiger partial charge in [-0.2, -0.15) is 0 Å². The minimum absolute atomic E-state index is 0.0176. The highest BCUT2D eigenvalue weighted by Crippen LogP contribution is 2.28. The average Bonchev–Trinajstić information content (AvgIpc) is 2.85. The zero-order valence-electron chi connectivity index (χ0n) is 11.6. The van der Waals surface area contributed by atoms with Gasteiger partial charge in [-0.15, -0.1) is 13.2 Å². The molecule has 0 radical (unpaired) electrons. The largest absolute Gasteiger partial charge is 0.573 e. The van der Waals surface area contributed by atoms with E-state index < -0.39 is 6.36 Å². The number of halogens is 3. The topological polar surface area (TPSA) is 41.6 Å². The van der Waals surface area contributed by atoms with Gasteiger partial charge in [0.1, 0.15) is 5.75 Å². The number of ether oxygens (including phenoxy) is 1. The fraction of sp³-hybridized carbons (Fsp3) is 0.500. The molecule has 4 nitrogen and oxygen atoms in total. The van der Waals surface area contributed by atoms with Gasteiger partial charge in [-0.25, -0.2) is 0 Å². The van der Waals surface area contributed by atoms with E-state index in [-0.39, 0.29) is 17.7 Å². The number of hydrogen-bond donors (Lipinski definition) is 1. The Morgan fingerprint density at radius 3 is 2.90 bits per heavy atom. The summed E-state index contributed by atoms with van der Waals surface area (Å²) in [5.41, 5.74) is 0.657. The van der Waals surface area contributed by atoms with Gasteiger partial charge in [0.2, 0.25) is 5.91 Å². The van der Waals surface area contributed by atoms with Crippen LogP contribution in [0.5, 0.6) is 5.75 Å². The summed E-state index contributed by atoms with van der Waals surface area (Å²) in [7, 11) is 0. The van der Waals surface area contributed by atoms with Crippen molar-refractivity contribution in [2.45, 2.75) is 32.2 Å². The maximum Gasteiger partial charge on any atom is 0.573 e. The van der Waals surface area contributed by atoms with Gasteiger partial charge in [0.05, 0.1) is 0 Å².